The summed E-state index contributed by atoms with van der Waals surface area (Å²) in [4.78, 5) is 2.15. The van der Waals surface area contributed by atoms with Crippen molar-refractivity contribution in [2.75, 3.05) is 25.5 Å². The molecule has 0 aliphatic carbocycles. The maximum atomic E-state index is 9.19. The van der Waals surface area contributed by atoms with E-state index in [1.807, 2.05) is 0 Å². The van der Waals surface area contributed by atoms with Gasteiger partial charge in [-0.3, -0.25) is 0 Å². The molecule has 1 rings (SSSR count). The molecule has 0 aromatic rings. The number of alkyl halides is 1. The molecule has 72 valence electrons. The summed E-state index contributed by atoms with van der Waals surface area (Å²) in [6, 6.07) is 0. The van der Waals surface area contributed by atoms with Gasteiger partial charge >= 0.3 is 0 Å². The van der Waals surface area contributed by atoms with Gasteiger partial charge in [0, 0.05) is 25.5 Å². The Morgan fingerprint density at radius 3 is 2.83 bits per heavy atom. The van der Waals surface area contributed by atoms with Crippen LogP contribution in [0.1, 0.15) is 12.8 Å². The molecular formula is C8H16ClNO2. The first kappa shape index (κ1) is 10.3. The molecule has 0 spiro atoms. The first-order chi connectivity index (χ1) is 5.72. The number of hydrogen-bond acceptors (Lipinski definition) is 3. The average Bonchev–Trinajstić information content (AvgIpc) is 2.47. The van der Waals surface area contributed by atoms with Gasteiger partial charge in [0.05, 0.1) is 12.2 Å². The Hall–Kier alpha value is 0.170. The molecule has 0 bridgehead atoms. The summed E-state index contributed by atoms with van der Waals surface area (Å²) in [5.41, 5.74) is 0. The van der Waals surface area contributed by atoms with Crippen molar-refractivity contribution in [3.63, 3.8) is 0 Å². The van der Waals surface area contributed by atoms with E-state index in [0.717, 1.165) is 26.1 Å². The van der Waals surface area contributed by atoms with Gasteiger partial charge in [0.15, 0.2) is 0 Å². The van der Waals surface area contributed by atoms with Crippen LogP contribution in [0.25, 0.3) is 0 Å². The quantitative estimate of drug-likeness (QED) is 0.620. The molecule has 0 saturated carbocycles. The molecule has 2 atom stereocenters. The van der Waals surface area contributed by atoms with Crippen LogP contribution in [0.3, 0.4) is 0 Å². The van der Waals surface area contributed by atoms with Crippen molar-refractivity contribution >= 4 is 11.6 Å². The van der Waals surface area contributed by atoms with E-state index >= 15 is 0 Å². The SMILES string of the molecule is OC(CCl)CCN1CCC(O)C1. The third-order valence-electron chi connectivity index (χ3n) is 2.20. The smallest absolute Gasteiger partial charge is 0.0687 e. The lowest BCUT2D eigenvalue weighted by Crippen LogP contribution is -2.26. The fourth-order valence-corrected chi connectivity index (χ4v) is 1.58. The van der Waals surface area contributed by atoms with Gasteiger partial charge in [0.1, 0.15) is 0 Å². The van der Waals surface area contributed by atoms with Gasteiger partial charge < -0.3 is 15.1 Å². The van der Waals surface area contributed by atoms with Crippen molar-refractivity contribution in [1.82, 2.24) is 4.90 Å². The van der Waals surface area contributed by atoms with Crippen LogP contribution in [0.15, 0.2) is 0 Å². The predicted molar refractivity (Wildman–Crippen MR) is 48.4 cm³/mol. The monoisotopic (exact) mass is 193 g/mol. The Morgan fingerprint density at radius 2 is 2.33 bits per heavy atom. The number of rotatable bonds is 4. The van der Waals surface area contributed by atoms with E-state index in [4.69, 9.17) is 16.7 Å². The van der Waals surface area contributed by atoms with Gasteiger partial charge in [-0.25, -0.2) is 0 Å². The number of β-amino-alcohol motifs (C(OH)–C–C–N with tert-alkyl or cyclic N) is 1. The molecular weight excluding hydrogens is 178 g/mol. The van der Waals surface area contributed by atoms with Gasteiger partial charge in [-0.15, -0.1) is 11.6 Å². The number of likely N-dealkylation sites (tertiary alicyclic amines) is 1. The predicted octanol–water partition coefficient (Wildman–Crippen LogP) is 0.0428. The molecule has 0 amide bonds. The molecule has 2 N–H and O–H groups in total. The fraction of sp³-hybridized carbons (Fsp3) is 1.00. The van der Waals surface area contributed by atoms with Crippen LogP contribution < -0.4 is 0 Å². The number of aliphatic hydroxyl groups is 2. The standard InChI is InChI=1S/C8H16ClNO2/c9-5-7(11)1-3-10-4-2-8(12)6-10/h7-8,11-12H,1-6H2. The fourth-order valence-electron chi connectivity index (χ4n) is 1.42. The van der Waals surface area contributed by atoms with Gasteiger partial charge in [0.25, 0.3) is 0 Å². The Bertz CT molecular complexity index is 134. The second-order valence-electron chi connectivity index (χ2n) is 3.34. The maximum absolute atomic E-state index is 9.19. The highest BCUT2D eigenvalue weighted by Crippen LogP contribution is 2.09. The summed E-state index contributed by atoms with van der Waals surface area (Å²) in [5.74, 6) is 0.302. The summed E-state index contributed by atoms with van der Waals surface area (Å²) in [6.45, 7) is 2.52. The van der Waals surface area contributed by atoms with E-state index in [-0.39, 0.29) is 6.10 Å². The van der Waals surface area contributed by atoms with Crippen LogP contribution in [-0.2, 0) is 0 Å². The van der Waals surface area contributed by atoms with Gasteiger partial charge in [-0.1, -0.05) is 0 Å². The molecule has 1 aliphatic heterocycles. The molecule has 3 nitrogen and oxygen atoms in total. The molecule has 0 aromatic heterocycles. The van der Waals surface area contributed by atoms with Crippen molar-refractivity contribution in [3.8, 4) is 0 Å². The van der Waals surface area contributed by atoms with Crippen LogP contribution in [0.2, 0.25) is 0 Å². The summed E-state index contributed by atoms with van der Waals surface area (Å²) in [6.07, 6.45) is 0.996. The minimum atomic E-state index is -0.399. The lowest BCUT2D eigenvalue weighted by atomic mass is 10.3. The van der Waals surface area contributed by atoms with Crippen LogP contribution in [0, 0.1) is 0 Å². The van der Waals surface area contributed by atoms with E-state index in [0.29, 0.717) is 12.3 Å². The topological polar surface area (TPSA) is 43.7 Å². The minimum Gasteiger partial charge on any atom is -0.392 e. The number of aliphatic hydroxyl groups excluding tert-OH is 2. The first-order valence-electron chi connectivity index (χ1n) is 4.37. The molecule has 1 saturated heterocycles. The first-order valence-corrected chi connectivity index (χ1v) is 4.90. The Kier molecular flexibility index (Phi) is 4.29. The third kappa shape index (κ3) is 3.27. The second-order valence-corrected chi connectivity index (χ2v) is 3.65. The van der Waals surface area contributed by atoms with E-state index in [1.165, 1.54) is 0 Å². The van der Waals surface area contributed by atoms with Crippen LogP contribution >= 0.6 is 11.6 Å². The molecule has 2 unspecified atom stereocenters. The molecule has 0 aromatic carbocycles. The highest BCUT2D eigenvalue weighted by atomic mass is 35.5. The lowest BCUT2D eigenvalue weighted by molar-refractivity contribution is 0.150. The van der Waals surface area contributed by atoms with E-state index in [2.05, 4.69) is 4.90 Å². The zero-order valence-electron chi connectivity index (χ0n) is 7.12. The number of nitrogens with zero attached hydrogens (tertiary/aromatic N) is 1. The summed E-state index contributed by atoms with van der Waals surface area (Å²) in [5, 5.41) is 18.4. The average molecular weight is 194 g/mol. The zero-order chi connectivity index (χ0) is 8.97. The van der Waals surface area contributed by atoms with E-state index in [1.54, 1.807) is 0 Å². The van der Waals surface area contributed by atoms with Crippen molar-refractivity contribution in [1.29, 1.82) is 0 Å². The van der Waals surface area contributed by atoms with Crippen molar-refractivity contribution in [2.24, 2.45) is 0 Å². The van der Waals surface area contributed by atoms with Gasteiger partial charge in [-0.2, -0.15) is 0 Å². The Morgan fingerprint density at radius 1 is 1.58 bits per heavy atom. The summed E-state index contributed by atoms with van der Waals surface area (Å²) >= 11 is 5.45. The normalized spacial score (nSPS) is 27.8. The van der Waals surface area contributed by atoms with Crippen molar-refractivity contribution in [3.05, 3.63) is 0 Å². The van der Waals surface area contributed by atoms with Crippen LogP contribution in [-0.4, -0.2) is 52.8 Å². The number of hydrogen-bond donors (Lipinski definition) is 2. The van der Waals surface area contributed by atoms with E-state index in [9.17, 15) is 5.11 Å². The number of halogens is 1. The van der Waals surface area contributed by atoms with Crippen molar-refractivity contribution in [2.45, 2.75) is 25.0 Å². The Balaban J connectivity index is 2.07. The van der Waals surface area contributed by atoms with Gasteiger partial charge in [0.2, 0.25) is 0 Å². The Labute approximate surface area is 77.9 Å². The summed E-state index contributed by atoms with van der Waals surface area (Å²) in [7, 11) is 0. The largest absolute Gasteiger partial charge is 0.392 e. The van der Waals surface area contributed by atoms with Gasteiger partial charge in [-0.05, 0) is 12.8 Å². The maximum Gasteiger partial charge on any atom is 0.0687 e. The van der Waals surface area contributed by atoms with E-state index < -0.39 is 6.10 Å². The van der Waals surface area contributed by atoms with Crippen LogP contribution in [0.4, 0.5) is 0 Å². The molecule has 12 heavy (non-hydrogen) atoms. The molecule has 1 fully saturated rings. The zero-order valence-corrected chi connectivity index (χ0v) is 7.87. The molecule has 4 heteroatoms. The minimum absolute atomic E-state index is 0.168. The second kappa shape index (κ2) is 5.02. The molecule has 1 heterocycles. The molecule has 1 aliphatic rings. The highest BCUT2D eigenvalue weighted by Gasteiger charge is 2.19. The summed E-state index contributed by atoms with van der Waals surface area (Å²) < 4.78 is 0. The highest BCUT2D eigenvalue weighted by molar-refractivity contribution is 6.18. The van der Waals surface area contributed by atoms with Crippen LogP contribution in [0.5, 0.6) is 0 Å². The third-order valence-corrected chi connectivity index (χ3v) is 2.56. The lowest BCUT2D eigenvalue weighted by Gasteiger charge is -2.16. The van der Waals surface area contributed by atoms with Crippen molar-refractivity contribution < 1.29 is 10.2 Å². The molecule has 0 radical (unpaired) electrons.